The van der Waals surface area contributed by atoms with Crippen LogP contribution in [0.1, 0.15) is 27.9 Å². The van der Waals surface area contributed by atoms with E-state index in [2.05, 4.69) is 36.9 Å². The predicted molar refractivity (Wildman–Crippen MR) is 77.9 cm³/mol. The van der Waals surface area contributed by atoms with Crippen molar-refractivity contribution in [2.75, 3.05) is 6.54 Å². The summed E-state index contributed by atoms with van der Waals surface area (Å²) in [5.41, 5.74) is 2.23. The first-order valence-corrected chi connectivity index (χ1v) is 7.61. The third-order valence-electron chi connectivity index (χ3n) is 3.46. The Bertz CT molecular complexity index is 764. The van der Waals surface area contributed by atoms with Crippen LogP contribution in [0.15, 0.2) is 28.4 Å². The molecule has 0 radical (unpaired) electrons. The number of nitrogens with one attached hydrogen (secondary N) is 1. The van der Waals surface area contributed by atoms with Crippen LogP contribution in [0.5, 0.6) is 0 Å². The molecular weight excluding hydrogens is 286 g/mol. The van der Waals surface area contributed by atoms with E-state index in [1.54, 1.807) is 23.7 Å². The van der Waals surface area contributed by atoms with E-state index in [1.165, 1.54) is 10.4 Å². The number of hydrogen-bond donors (Lipinski definition) is 1. The highest BCUT2D eigenvalue weighted by atomic mass is 32.1. The monoisotopic (exact) mass is 299 g/mol. The molecule has 0 aromatic carbocycles. The summed E-state index contributed by atoms with van der Waals surface area (Å²) >= 11 is 1.77. The molecule has 0 spiro atoms. The molecule has 106 valence electrons. The summed E-state index contributed by atoms with van der Waals surface area (Å²) in [6, 6.07) is 2.08. The van der Waals surface area contributed by atoms with Crippen molar-refractivity contribution in [1.29, 1.82) is 0 Å². The lowest BCUT2D eigenvalue weighted by Gasteiger charge is -2.20. The van der Waals surface area contributed by atoms with Crippen molar-refractivity contribution in [3.63, 3.8) is 0 Å². The quantitative estimate of drug-likeness (QED) is 0.781. The summed E-state index contributed by atoms with van der Waals surface area (Å²) in [5, 5.41) is 9.52. The molecule has 21 heavy (non-hydrogen) atoms. The van der Waals surface area contributed by atoms with Crippen LogP contribution in [0, 0.1) is 6.92 Å². The minimum Gasteiger partial charge on any atom is -0.337 e. The number of nitrogens with zero attached hydrogens (tertiary/aromatic N) is 4. The number of rotatable bonds is 2. The molecule has 0 aliphatic carbocycles. The van der Waals surface area contributed by atoms with Crippen LogP contribution >= 0.6 is 11.3 Å². The first-order chi connectivity index (χ1) is 10.3. The minimum atomic E-state index is -0.0355. The molecule has 4 rings (SSSR count). The Labute approximate surface area is 125 Å². The molecule has 1 aliphatic heterocycles. The summed E-state index contributed by atoms with van der Waals surface area (Å²) < 4.78 is 5.42. The van der Waals surface area contributed by atoms with Gasteiger partial charge in [0.05, 0.1) is 0 Å². The van der Waals surface area contributed by atoms with E-state index >= 15 is 0 Å². The smallest absolute Gasteiger partial charge is 0.248 e. The van der Waals surface area contributed by atoms with Crippen molar-refractivity contribution in [3.05, 3.63) is 45.7 Å². The molecule has 1 N–H and O–H groups in total. The van der Waals surface area contributed by atoms with Gasteiger partial charge in [0, 0.05) is 23.8 Å². The molecule has 4 heterocycles. The molecule has 3 aromatic rings. The van der Waals surface area contributed by atoms with Gasteiger partial charge >= 0.3 is 0 Å². The standard InChI is InChI=1S/C14H13N5OS/c1-8-6-16-12(17-7-8)13-18-14(20-19-13)11-9-3-5-21-10(9)2-4-15-11/h3,5-7,11,15H,2,4H2,1H3. The van der Waals surface area contributed by atoms with Crippen LogP contribution < -0.4 is 5.32 Å². The van der Waals surface area contributed by atoms with E-state index in [9.17, 15) is 0 Å². The van der Waals surface area contributed by atoms with Gasteiger partial charge in [-0.2, -0.15) is 4.98 Å². The zero-order chi connectivity index (χ0) is 14.2. The predicted octanol–water partition coefficient (Wildman–Crippen LogP) is 2.13. The van der Waals surface area contributed by atoms with Crippen LogP contribution in [0.3, 0.4) is 0 Å². The van der Waals surface area contributed by atoms with Crippen LogP contribution in [-0.2, 0) is 6.42 Å². The fraction of sp³-hybridized carbons (Fsp3) is 0.286. The van der Waals surface area contributed by atoms with Crippen molar-refractivity contribution in [1.82, 2.24) is 25.4 Å². The second-order valence-electron chi connectivity index (χ2n) is 4.98. The number of fused-ring (bicyclic) bond motifs is 1. The maximum absolute atomic E-state index is 5.42. The van der Waals surface area contributed by atoms with Gasteiger partial charge in [-0.15, -0.1) is 11.3 Å². The van der Waals surface area contributed by atoms with Crippen LogP contribution in [0.2, 0.25) is 0 Å². The van der Waals surface area contributed by atoms with E-state index in [4.69, 9.17) is 4.52 Å². The Morgan fingerprint density at radius 1 is 1.29 bits per heavy atom. The molecule has 1 atom stereocenters. The molecule has 0 amide bonds. The molecule has 0 saturated carbocycles. The zero-order valence-corrected chi connectivity index (χ0v) is 12.2. The first kappa shape index (κ1) is 12.6. The van der Waals surface area contributed by atoms with E-state index in [1.807, 2.05) is 6.92 Å². The maximum Gasteiger partial charge on any atom is 0.248 e. The number of aryl methyl sites for hydroxylation is 1. The minimum absolute atomic E-state index is 0.0355. The Morgan fingerprint density at radius 3 is 3.00 bits per heavy atom. The van der Waals surface area contributed by atoms with Crippen LogP contribution in [0.4, 0.5) is 0 Å². The lowest BCUT2D eigenvalue weighted by molar-refractivity contribution is 0.344. The normalized spacial score (nSPS) is 17.7. The van der Waals surface area contributed by atoms with Crippen molar-refractivity contribution in [2.24, 2.45) is 0 Å². The summed E-state index contributed by atoms with van der Waals surface area (Å²) in [5.74, 6) is 1.47. The summed E-state index contributed by atoms with van der Waals surface area (Å²) in [4.78, 5) is 14.3. The van der Waals surface area contributed by atoms with Crippen molar-refractivity contribution in [3.8, 4) is 11.6 Å². The second kappa shape index (κ2) is 5.01. The molecule has 1 unspecified atom stereocenters. The van der Waals surface area contributed by atoms with Gasteiger partial charge in [-0.25, -0.2) is 9.97 Å². The molecule has 3 aromatic heterocycles. The molecule has 6 nitrogen and oxygen atoms in total. The molecular formula is C14H13N5OS. The number of aromatic nitrogens is 4. The molecule has 7 heteroatoms. The fourth-order valence-electron chi connectivity index (χ4n) is 2.42. The largest absolute Gasteiger partial charge is 0.337 e. The second-order valence-corrected chi connectivity index (χ2v) is 5.98. The van der Waals surface area contributed by atoms with Gasteiger partial charge in [0.1, 0.15) is 6.04 Å². The molecule has 0 fully saturated rings. The third-order valence-corrected chi connectivity index (χ3v) is 4.46. The van der Waals surface area contributed by atoms with Crippen molar-refractivity contribution < 1.29 is 4.52 Å². The molecule has 0 bridgehead atoms. The average molecular weight is 299 g/mol. The highest BCUT2D eigenvalue weighted by Gasteiger charge is 2.27. The average Bonchev–Trinajstić information content (AvgIpc) is 3.16. The van der Waals surface area contributed by atoms with Crippen LogP contribution in [0.25, 0.3) is 11.6 Å². The zero-order valence-electron chi connectivity index (χ0n) is 11.4. The number of thiophene rings is 1. The maximum atomic E-state index is 5.42. The summed E-state index contributed by atoms with van der Waals surface area (Å²) in [7, 11) is 0. The third kappa shape index (κ3) is 2.24. The van der Waals surface area contributed by atoms with Gasteiger partial charge in [0.2, 0.25) is 17.5 Å². The van der Waals surface area contributed by atoms with E-state index in [-0.39, 0.29) is 6.04 Å². The Morgan fingerprint density at radius 2 is 2.14 bits per heavy atom. The SMILES string of the molecule is Cc1cnc(-c2noc(C3NCCc4sccc43)n2)nc1. The van der Waals surface area contributed by atoms with Gasteiger partial charge in [0.15, 0.2) is 0 Å². The van der Waals surface area contributed by atoms with E-state index in [0.717, 1.165) is 18.5 Å². The Hall–Kier alpha value is -2.12. The van der Waals surface area contributed by atoms with Gasteiger partial charge in [-0.05, 0) is 35.9 Å². The van der Waals surface area contributed by atoms with E-state index in [0.29, 0.717) is 17.5 Å². The Balaban J connectivity index is 1.68. The topological polar surface area (TPSA) is 76.7 Å². The first-order valence-electron chi connectivity index (χ1n) is 6.73. The van der Waals surface area contributed by atoms with Crippen molar-refractivity contribution in [2.45, 2.75) is 19.4 Å². The molecule has 1 aliphatic rings. The molecule has 0 saturated heterocycles. The Kier molecular flexibility index (Phi) is 3.01. The lowest BCUT2D eigenvalue weighted by atomic mass is 10.0. The summed E-state index contributed by atoms with van der Waals surface area (Å²) in [6.07, 6.45) is 4.54. The number of hydrogen-bond acceptors (Lipinski definition) is 7. The highest BCUT2D eigenvalue weighted by Crippen LogP contribution is 2.31. The van der Waals surface area contributed by atoms with E-state index < -0.39 is 0 Å². The summed E-state index contributed by atoms with van der Waals surface area (Å²) in [6.45, 7) is 2.85. The van der Waals surface area contributed by atoms with Gasteiger partial charge < -0.3 is 9.84 Å². The van der Waals surface area contributed by atoms with Crippen LogP contribution in [-0.4, -0.2) is 26.7 Å². The van der Waals surface area contributed by atoms with Crippen molar-refractivity contribution >= 4 is 11.3 Å². The van der Waals surface area contributed by atoms with Gasteiger partial charge in [-0.1, -0.05) is 5.16 Å². The van der Waals surface area contributed by atoms with Gasteiger partial charge in [-0.3, -0.25) is 0 Å². The van der Waals surface area contributed by atoms with Gasteiger partial charge in [0.25, 0.3) is 0 Å². The lowest BCUT2D eigenvalue weighted by Crippen LogP contribution is -2.29. The fourth-order valence-corrected chi connectivity index (χ4v) is 3.34. The highest BCUT2D eigenvalue weighted by molar-refractivity contribution is 7.10.